The zero-order valence-corrected chi connectivity index (χ0v) is 12.4. The smallest absolute Gasteiger partial charge is 0.283 e. The fraction of sp³-hybridized carbons (Fsp3) is 0.417. The number of nitrogens with zero attached hydrogens (tertiary/aromatic N) is 1. The molecule has 0 aliphatic carbocycles. The van der Waals surface area contributed by atoms with Crippen molar-refractivity contribution in [3.63, 3.8) is 0 Å². The number of hydrogen-bond donors (Lipinski definition) is 2. The van der Waals surface area contributed by atoms with E-state index in [-0.39, 0.29) is 18.1 Å². The zero-order chi connectivity index (χ0) is 14.6. The Morgan fingerprint density at radius 1 is 1.58 bits per heavy atom. The van der Waals surface area contributed by atoms with E-state index in [4.69, 9.17) is 5.73 Å². The van der Waals surface area contributed by atoms with E-state index in [0.717, 1.165) is 0 Å². The molecular formula is C12H16BrN3O3. The lowest BCUT2D eigenvalue weighted by Crippen LogP contribution is -2.39. The van der Waals surface area contributed by atoms with Gasteiger partial charge in [0.05, 0.1) is 14.8 Å². The third kappa shape index (κ3) is 3.51. The van der Waals surface area contributed by atoms with E-state index in [2.05, 4.69) is 21.2 Å². The second kappa shape index (κ2) is 6.12. The lowest BCUT2D eigenvalue weighted by molar-refractivity contribution is -0.385. The molecule has 1 aromatic rings. The first-order chi connectivity index (χ1) is 8.84. The van der Waals surface area contributed by atoms with Crippen LogP contribution in [0.25, 0.3) is 0 Å². The molecule has 0 bridgehead atoms. The van der Waals surface area contributed by atoms with Crippen LogP contribution < -0.4 is 11.1 Å². The standard InChI is InChI=1S/C12H16BrN3O3/c1-3-12(2,7-14)11(17)15-8-4-5-10(16(18)19)9(13)6-8/h4-6H,3,7,14H2,1-2H3,(H,15,17). The summed E-state index contributed by atoms with van der Waals surface area (Å²) < 4.78 is 0.321. The van der Waals surface area contributed by atoms with Gasteiger partial charge in [0, 0.05) is 18.3 Å². The minimum Gasteiger partial charge on any atom is -0.329 e. The number of anilines is 1. The van der Waals surface area contributed by atoms with Crippen molar-refractivity contribution in [2.24, 2.45) is 11.1 Å². The highest BCUT2D eigenvalue weighted by molar-refractivity contribution is 9.10. The van der Waals surface area contributed by atoms with Crippen LogP contribution in [-0.4, -0.2) is 17.4 Å². The molecule has 0 saturated heterocycles. The van der Waals surface area contributed by atoms with Gasteiger partial charge in [-0.3, -0.25) is 14.9 Å². The van der Waals surface area contributed by atoms with Crippen molar-refractivity contribution in [2.75, 3.05) is 11.9 Å². The molecule has 0 aromatic heterocycles. The molecule has 1 atom stereocenters. The fourth-order valence-electron chi connectivity index (χ4n) is 1.41. The predicted molar refractivity (Wildman–Crippen MR) is 76.9 cm³/mol. The van der Waals surface area contributed by atoms with Gasteiger partial charge >= 0.3 is 0 Å². The van der Waals surface area contributed by atoms with Gasteiger partial charge in [-0.15, -0.1) is 0 Å². The minimum absolute atomic E-state index is 0.0462. The molecule has 1 unspecified atom stereocenters. The fourth-order valence-corrected chi connectivity index (χ4v) is 1.94. The molecule has 1 amide bonds. The van der Waals surface area contributed by atoms with Crippen LogP contribution in [0.2, 0.25) is 0 Å². The molecule has 3 N–H and O–H groups in total. The Morgan fingerprint density at radius 2 is 2.21 bits per heavy atom. The van der Waals surface area contributed by atoms with Gasteiger partial charge in [0.25, 0.3) is 5.69 Å². The SMILES string of the molecule is CCC(C)(CN)C(=O)Nc1ccc([N+](=O)[O-])c(Br)c1. The van der Waals surface area contributed by atoms with Crippen molar-refractivity contribution in [1.29, 1.82) is 0 Å². The Kier molecular flexibility index (Phi) is 5.02. The number of rotatable bonds is 5. The topological polar surface area (TPSA) is 98.3 Å². The summed E-state index contributed by atoms with van der Waals surface area (Å²) in [6.45, 7) is 3.91. The molecule has 0 fully saturated rings. The lowest BCUT2D eigenvalue weighted by Gasteiger charge is -2.24. The highest BCUT2D eigenvalue weighted by Gasteiger charge is 2.29. The molecule has 1 aromatic carbocycles. The van der Waals surface area contributed by atoms with Crippen molar-refractivity contribution >= 4 is 33.2 Å². The average molecular weight is 330 g/mol. The van der Waals surface area contributed by atoms with Crippen molar-refractivity contribution in [3.05, 3.63) is 32.8 Å². The van der Waals surface area contributed by atoms with Gasteiger partial charge in [0.2, 0.25) is 5.91 Å². The summed E-state index contributed by atoms with van der Waals surface area (Å²) >= 11 is 3.10. The van der Waals surface area contributed by atoms with Crippen LogP contribution in [0.5, 0.6) is 0 Å². The van der Waals surface area contributed by atoms with E-state index in [1.807, 2.05) is 6.92 Å². The molecule has 0 aliphatic rings. The van der Waals surface area contributed by atoms with Crippen LogP contribution >= 0.6 is 15.9 Å². The highest BCUT2D eigenvalue weighted by atomic mass is 79.9. The summed E-state index contributed by atoms with van der Waals surface area (Å²) in [6.07, 6.45) is 0.615. The van der Waals surface area contributed by atoms with E-state index >= 15 is 0 Å². The molecule has 0 saturated carbocycles. The minimum atomic E-state index is -0.645. The number of nitro benzene ring substituents is 1. The van der Waals surface area contributed by atoms with E-state index in [0.29, 0.717) is 16.6 Å². The zero-order valence-electron chi connectivity index (χ0n) is 10.8. The van der Waals surface area contributed by atoms with Gasteiger partial charge in [0.1, 0.15) is 0 Å². The van der Waals surface area contributed by atoms with Gasteiger partial charge in [-0.25, -0.2) is 0 Å². The monoisotopic (exact) mass is 329 g/mol. The first-order valence-corrected chi connectivity index (χ1v) is 6.59. The van der Waals surface area contributed by atoms with Crippen LogP contribution in [0.1, 0.15) is 20.3 Å². The van der Waals surface area contributed by atoms with Gasteiger partial charge in [-0.1, -0.05) is 6.92 Å². The van der Waals surface area contributed by atoms with Gasteiger partial charge in [-0.2, -0.15) is 0 Å². The number of hydrogen-bond acceptors (Lipinski definition) is 4. The van der Waals surface area contributed by atoms with Crippen molar-refractivity contribution in [1.82, 2.24) is 0 Å². The van der Waals surface area contributed by atoms with Gasteiger partial charge in [0.15, 0.2) is 0 Å². The molecule has 0 spiro atoms. The van der Waals surface area contributed by atoms with E-state index in [1.165, 1.54) is 18.2 Å². The third-order valence-electron chi connectivity index (χ3n) is 3.18. The van der Waals surface area contributed by atoms with E-state index in [1.54, 1.807) is 6.92 Å². The first-order valence-electron chi connectivity index (χ1n) is 5.79. The molecule has 0 aliphatic heterocycles. The molecule has 1 rings (SSSR count). The summed E-state index contributed by atoms with van der Waals surface area (Å²) in [5.74, 6) is -0.196. The number of carbonyl (C=O) groups excluding carboxylic acids is 1. The van der Waals surface area contributed by atoms with Crippen LogP contribution in [0, 0.1) is 15.5 Å². The number of benzene rings is 1. The molecule has 0 heterocycles. The lowest BCUT2D eigenvalue weighted by atomic mass is 9.86. The number of nitro groups is 1. The van der Waals surface area contributed by atoms with Gasteiger partial charge < -0.3 is 11.1 Å². The van der Waals surface area contributed by atoms with E-state index in [9.17, 15) is 14.9 Å². The number of nitrogens with one attached hydrogen (secondary N) is 1. The summed E-state index contributed by atoms with van der Waals surface area (Å²) in [5.41, 5.74) is 5.41. The number of halogens is 1. The van der Waals surface area contributed by atoms with Crippen molar-refractivity contribution in [3.8, 4) is 0 Å². The van der Waals surface area contributed by atoms with Crippen LogP contribution in [0.15, 0.2) is 22.7 Å². The second-order valence-electron chi connectivity index (χ2n) is 4.50. The Morgan fingerprint density at radius 3 is 2.63 bits per heavy atom. The molecule has 6 nitrogen and oxygen atoms in total. The first kappa shape index (κ1) is 15.6. The quantitative estimate of drug-likeness (QED) is 0.640. The summed E-state index contributed by atoms with van der Waals surface area (Å²) in [4.78, 5) is 22.3. The van der Waals surface area contributed by atoms with Gasteiger partial charge in [-0.05, 0) is 41.4 Å². The third-order valence-corrected chi connectivity index (χ3v) is 3.82. The number of amides is 1. The maximum atomic E-state index is 12.1. The highest BCUT2D eigenvalue weighted by Crippen LogP contribution is 2.29. The largest absolute Gasteiger partial charge is 0.329 e. The Balaban J connectivity index is 2.92. The van der Waals surface area contributed by atoms with Crippen LogP contribution in [0.3, 0.4) is 0 Å². The Hall–Kier alpha value is -1.47. The maximum absolute atomic E-state index is 12.1. The summed E-state index contributed by atoms with van der Waals surface area (Å²) in [5, 5.41) is 13.4. The molecule has 19 heavy (non-hydrogen) atoms. The Labute approximate surface area is 119 Å². The normalized spacial score (nSPS) is 13.7. The van der Waals surface area contributed by atoms with Crippen LogP contribution in [0.4, 0.5) is 11.4 Å². The summed E-state index contributed by atoms with van der Waals surface area (Å²) in [6, 6.07) is 4.33. The Bertz CT molecular complexity index is 501. The molecule has 0 radical (unpaired) electrons. The number of nitrogens with two attached hydrogens (primary N) is 1. The average Bonchev–Trinajstić information content (AvgIpc) is 2.37. The molecular weight excluding hydrogens is 314 g/mol. The van der Waals surface area contributed by atoms with E-state index < -0.39 is 10.3 Å². The molecule has 7 heteroatoms. The second-order valence-corrected chi connectivity index (χ2v) is 5.35. The maximum Gasteiger partial charge on any atom is 0.283 e. The van der Waals surface area contributed by atoms with Crippen molar-refractivity contribution < 1.29 is 9.72 Å². The van der Waals surface area contributed by atoms with Crippen LogP contribution in [-0.2, 0) is 4.79 Å². The number of carbonyl (C=O) groups is 1. The molecule has 104 valence electrons. The van der Waals surface area contributed by atoms with Crippen molar-refractivity contribution in [2.45, 2.75) is 20.3 Å². The summed E-state index contributed by atoms with van der Waals surface area (Å²) in [7, 11) is 0. The predicted octanol–water partition coefficient (Wildman–Crippen LogP) is 2.67.